The summed E-state index contributed by atoms with van der Waals surface area (Å²) in [6, 6.07) is 7.46. The van der Waals surface area contributed by atoms with Crippen LogP contribution in [-0.2, 0) is 16.1 Å². The van der Waals surface area contributed by atoms with Gasteiger partial charge >= 0.3 is 0 Å². The van der Waals surface area contributed by atoms with Gasteiger partial charge < -0.3 is 10.1 Å². The Kier molecular flexibility index (Phi) is 4.12. The fourth-order valence-corrected chi connectivity index (χ4v) is 1.76. The van der Waals surface area contributed by atoms with E-state index >= 15 is 0 Å². The minimum Gasteiger partial charge on any atom is -0.496 e. The maximum atomic E-state index is 11.8. The number of methoxy groups -OCH3 is 1. The van der Waals surface area contributed by atoms with Crippen LogP contribution in [0, 0.1) is 0 Å². The smallest absolute Gasteiger partial charge is 0.267 e. The number of para-hydroxylation sites is 1. The molecular weight excluding hydrogens is 246 g/mol. The van der Waals surface area contributed by atoms with Gasteiger partial charge in [-0.3, -0.25) is 9.59 Å². The lowest BCUT2D eigenvalue weighted by Crippen LogP contribution is -2.36. The highest BCUT2D eigenvalue weighted by Crippen LogP contribution is 2.16. The van der Waals surface area contributed by atoms with Gasteiger partial charge in [0, 0.05) is 24.9 Å². The van der Waals surface area contributed by atoms with Crippen LogP contribution in [0.5, 0.6) is 5.75 Å². The Bertz CT molecular complexity index is 526. The molecule has 0 saturated heterocycles. The summed E-state index contributed by atoms with van der Waals surface area (Å²) in [5.41, 5.74) is 3.53. The van der Waals surface area contributed by atoms with Crippen LogP contribution in [0.25, 0.3) is 0 Å². The third-order valence-electron chi connectivity index (χ3n) is 2.80. The zero-order valence-electron chi connectivity index (χ0n) is 10.6. The molecule has 0 aliphatic carbocycles. The highest BCUT2D eigenvalue weighted by atomic mass is 16.5. The minimum atomic E-state index is -0.272. The summed E-state index contributed by atoms with van der Waals surface area (Å²) in [6.07, 6.45) is 0.657. The minimum absolute atomic E-state index is 0.165. The van der Waals surface area contributed by atoms with Gasteiger partial charge in [0.1, 0.15) is 11.5 Å². The molecule has 0 aromatic heterocycles. The molecule has 2 N–H and O–H groups in total. The van der Waals surface area contributed by atoms with E-state index in [1.54, 1.807) is 7.11 Å². The summed E-state index contributed by atoms with van der Waals surface area (Å²) in [5, 5.41) is 6.50. The Morgan fingerprint density at radius 3 is 2.89 bits per heavy atom. The fraction of sp³-hybridized carbons (Fsp3) is 0.308. The predicted molar refractivity (Wildman–Crippen MR) is 69.7 cm³/mol. The molecule has 1 aliphatic rings. The number of benzene rings is 1. The number of carbonyl (C=O) groups is 2. The normalized spacial score (nSPS) is 14.4. The molecule has 0 radical (unpaired) electrons. The van der Waals surface area contributed by atoms with Crippen molar-refractivity contribution < 1.29 is 14.3 Å². The number of rotatable bonds is 4. The molecule has 0 unspecified atom stereocenters. The Balaban J connectivity index is 1.95. The van der Waals surface area contributed by atoms with Crippen LogP contribution < -0.4 is 15.5 Å². The molecule has 100 valence electrons. The molecule has 0 bridgehead atoms. The Morgan fingerprint density at radius 2 is 2.21 bits per heavy atom. The van der Waals surface area contributed by atoms with Gasteiger partial charge in [-0.05, 0) is 6.07 Å². The first-order valence-electron chi connectivity index (χ1n) is 5.96. The van der Waals surface area contributed by atoms with Crippen LogP contribution in [0.4, 0.5) is 0 Å². The van der Waals surface area contributed by atoms with Crippen molar-refractivity contribution in [2.45, 2.75) is 19.4 Å². The molecule has 1 aromatic rings. The largest absolute Gasteiger partial charge is 0.496 e. The van der Waals surface area contributed by atoms with Crippen LogP contribution in [0.1, 0.15) is 18.4 Å². The topological polar surface area (TPSA) is 79.8 Å². The van der Waals surface area contributed by atoms with Crippen LogP contribution in [-0.4, -0.2) is 24.6 Å². The summed E-state index contributed by atoms with van der Waals surface area (Å²) >= 11 is 0. The first-order valence-corrected chi connectivity index (χ1v) is 5.96. The zero-order valence-corrected chi connectivity index (χ0v) is 10.6. The average Bonchev–Trinajstić information content (AvgIpc) is 2.45. The van der Waals surface area contributed by atoms with Gasteiger partial charge in [-0.15, -0.1) is 0 Å². The third-order valence-corrected chi connectivity index (χ3v) is 2.80. The van der Waals surface area contributed by atoms with Gasteiger partial charge in [0.05, 0.1) is 7.11 Å². The van der Waals surface area contributed by atoms with Gasteiger partial charge in [0.25, 0.3) is 5.91 Å². The number of amides is 2. The van der Waals surface area contributed by atoms with Crippen molar-refractivity contribution >= 4 is 17.5 Å². The van der Waals surface area contributed by atoms with Gasteiger partial charge in [-0.2, -0.15) is 5.10 Å². The standard InChI is InChI=1S/C13H15N3O3/c1-19-11-5-3-2-4-9(11)8-14-13(18)10-6-7-12(17)16-15-10/h2-5H,6-8H2,1H3,(H,14,18)(H,16,17). The zero-order chi connectivity index (χ0) is 13.7. The number of ether oxygens (including phenoxy) is 1. The highest BCUT2D eigenvalue weighted by Gasteiger charge is 2.18. The second-order valence-corrected chi connectivity index (χ2v) is 4.09. The SMILES string of the molecule is COc1ccccc1CNC(=O)C1=NNC(=O)CC1. The van der Waals surface area contributed by atoms with Gasteiger partial charge in [-0.25, -0.2) is 5.43 Å². The van der Waals surface area contributed by atoms with Crippen molar-refractivity contribution in [3.8, 4) is 5.75 Å². The van der Waals surface area contributed by atoms with E-state index in [9.17, 15) is 9.59 Å². The molecule has 19 heavy (non-hydrogen) atoms. The van der Waals surface area contributed by atoms with E-state index in [0.29, 0.717) is 25.1 Å². The van der Waals surface area contributed by atoms with Crippen molar-refractivity contribution in [2.75, 3.05) is 7.11 Å². The number of hydrazone groups is 1. The highest BCUT2D eigenvalue weighted by molar-refractivity contribution is 6.39. The molecule has 1 aromatic carbocycles. The summed E-state index contributed by atoms with van der Waals surface area (Å²) in [7, 11) is 1.58. The lowest BCUT2D eigenvalue weighted by Gasteiger charge is -2.13. The lowest BCUT2D eigenvalue weighted by atomic mass is 10.1. The van der Waals surface area contributed by atoms with E-state index < -0.39 is 0 Å². The molecule has 0 fully saturated rings. The van der Waals surface area contributed by atoms with Crippen LogP contribution in [0.15, 0.2) is 29.4 Å². The van der Waals surface area contributed by atoms with E-state index in [1.165, 1.54) is 0 Å². The first kappa shape index (κ1) is 13.1. The predicted octanol–water partition coefficient (Wildman–Crippen LogP) is 0.577. The van der Waals surface area contributed by atoms with Crippen molar-refractivity contribution in [2.24, 2.45) is 5.10 Å². The molecule has 6 heteroatoms. The molecular formula is C13H15N3O3. The van der Waals surface area contributed by atoms with E-state index in [-0.39, 0.29) is 11.8 Å². The fourth-order valence-electron chi connectivity index (χ4n) is 1.76. The van der Waals surface area contributed by atoms with Gasteiger partial charge in [0.15, 0.2) is 0 Å². The van der Waals surface area contributed by atoms with Crippen LogP contribution >= 0.6 is 0 Å². The second kappa shape index (κ2) is 5.99. The van der Waals surface area contributed by atoms with Crippen LogP contribution in [0.2, 0.25) is 0 Å². The molecule has 1 heterocycles. The van der Waals surface area contributed by atoms with Crippen molar-refractivity contribution in [3.05, 3.63) is 29.8 Å². The summed E-state index contributed by atoms with van der Waals surface area (Å²) < 4.78 is 5.20. The lowest BCUT2D eigenvalue weighted by molar-refractivity contribution is -0.121. The van der Waals surface area contributed by atoms with Crippen molar-refractivity contribution in [1.82, 2.24) is 10.7 Å². The van der Waals surface area contributed by atoms with Crippen molar-refractivity contribution in [3.63, 3.8) is 0 Å². The molecule has 0 atom stereocenters. The maximum Gasteiger partial charge on any atom is 0.267 e. The number of hydrogen-bond acceptors (Lipinski definition) is 4. The Hall–Kier alpha value is -2.37. The number of nitrogens with zero attached hydrogens (tertiary/aromatic N) is 1. The second-order valence-electron chi connectivity index (χ2n) is 4.09. The van der Waals surface area contributed by atoms with Gasteiger partial charge in [0.2, 0.25) is 5.91 Å². The molecule has 0 spiro atoms. The van der Waals surface area contributed by atoms with Crippen LogP contribution in [0.3, 0.4) is 0 Å². The molecule has 0 saturated carbocycles. The summed E-state index contributed by atoms with van der Waals surface area (Å²) in [6.45, 7) is 0.357. The molecule has 1 aliphatic heterocycles. The summed E-state index contributed by atoms with van der Waals surface area (Å²) in [5.74, 6) is 0.286. The summed E-state index contributed by atoms with van der Waals surface area (Å²) in [4.78, 5) is 22.8. The quantitative estimate of drug-likeness (QED) is 0.832. The van der Waals surface area contributed by atoms with E-state index in [0.717, 1.165) is 11.3 Å². The number of carbonyl (C=O) groups excluding carboxylic acids is 2. The Labute approximate surface area is 110 Å². The monoisotopic (exact) mass is 261 g/mol. The van der Waals surface area contributed by atoms with E-state index in [4.69, 9.17) is 4.74 Å². The number of nitrogens with one attached hydrogen (secondary N) is 2. The Morgan fingerprint density at radius 1 is 1.42 bits per heavy atom. The van der Waals surface area contributed by atoms with Crippen molar-refractivity contribution in [1.29, 1.82) is 0 Å². The van der Waals surface area contributed by atoms with E-state index in [2.05, 4.69) is 15.8 Å². The molecule has 2 amide bonds. The first-order chi connectivity index (χ1) is 9.20. The third kappa shape index (κ3) is 3.31. The molecule has 6 nitrogen and oxygen atoms in total. The maximum absolute atomic E-state index is 11.8. The average molecular weight is 261 g/mol. The van der Waals surface area contributed by atoms with Gasteiger partial charge in [-0.1, -0.05) is 18.2 Å². The van der Waals surface area contributed by atoms with E-state index in [1.807, 2.05) is 24.3 Å². The number of hydrogen-bond donors (Lipinski definition) is 2. The molecule has 2 rings (SSSR count).